The Morgan fingerprint density at radius 2 is 2.00 bits per heavy atom. The molecule has 0 saturated carbocycles. The number of ether oxygens (including phenoxy) is 2. The molecule has 0 spiro atoms. The largest absolute Gasteiger partial charge is 0.493 e. The van der Waals surface area contributed by atoms with Gasteiger partial charge in [-0.2, -0.15) is 0 Å². The van der Waals surface area contributed by atoms with Gasteiger partial charge in [-0.25, -0.2) is 0 Å². The normalized spacial score (nSPS) is 10.4. The first-order chi connectivity index (χ1) is 8.58. The highest BCUT2D eigenvalue weighted by atomic mass is 35.5. The number of nitrogens with zero attached hydrogens (tertiary/aromatic N) is 1. The van der Waals surface area contributed by atoms with Crippen LogP contribution in [0.2, 0.25) is 5.02 Å². The summed E-state index contributed by atoms with van der Waals surface area (Å²) in [7, 11) is 3.08. The van der Waals surface area contributed by atoms with Gasteiger partial charge in [-0.1, -0.05) is 16.8 Å². The fourth-order valence-electron chi connectivity index (χ4n) is 1.78. The van der Waals surface area contributed by atoms with Crippen LogP contribution >= 0.6 is 11.6 Å². The highest BCUT2D eigenvalue weighted by Crippen LogP contribution is 2.44. The molecule has 0 amide bonds. The Morgan fingerprint density at radius 1 is 1.28 bits per heavy atom. The second-order valence-electron chi connectivity index (χ2n) is 3.73. The second kappa shape index (κ2) is 4.78. The first kappa shape index (κ1) is 12.6. The van der Waals surface area contributed by atoms with Crippen molar-refractivity contribution in [3.8, 4) is 22.8 Å². The van der Waals surface area contributed by atoms with E-state index in [1.807, 2.05) is 13.0 Å². The van der Waals surface area contributed by atoms with Gasteiger partial charge in [0.1, 0.15) is 0 Å². The quantitative estimate of drug-likeness (QED) is 0.927. The third-order valence-corrected chi connectivity index (χ3v) is 2.94. The number of methoxy groups -OCH3 is 2. The number of nitrogen functional groups attached to an aromatic ring is 1. The van der Waals surface area contributed by atoms with Gasteiger partial charge in [0.2, 0.25) is 0 Å². The van der Waals surface area contributed by atoms with E-state index in [9.17, 15) is 0 Å². The fraction of sp³-hybridized carbons (Fsp3) is 0.250. The summed E-state index contributed by atoms with van der Waals surface area (Å²) in [6, 6.07) is 3.43. The van der Waals surface area contributed by atoms with Crippen molar-refractivity contribution in [2.45, 2.75) is 6.92 Å². The van der Waals surface area contributed by atoms with E-state index in [1.54, 1.807) is 13.2 Å². The number of hydrogen-bond acceptors (Lipinski definition) is 5. The maximum atomic E-state index is 6.31. The molecule has 2 N–H and O–H groups in total. The van der Waals surface area contributed by atoms with E-state index in [-0.39, 0.29) is 0 Å². The van der Waals surface area contributed by atoms with Gasteiger partial charge in [-0.05, 0) is 18.6 Å². The number of anilines is 1. The lowest BCUT2D eigenvalue weighted by Gasteiger charge is -2.13. The summed E-state index contributed by atoms with van der Waals surface area (Å²) in [5, 5.41) is 4.05. The Balaban J connectivity index is 2.68. The van der Waals surface area contributed by atoms with Crippen LogP contribution in [-0.2, 0) is 0 Å². The van der Waals surface area contributed by atoms with Gasteiger partial charge in [0.15, 0.2) is 23.1 Å². The van der Waals surface area contributed by atoms with Crippen LogP contribution in [0.4, 0.5) is 5.82 Å². The van der Waals surface area contributed by atoms with E-state index in [2.05, 4.69) is 5.16 Å². The molecule has 0 aliphatic heterocycles. The lowest BCUT2D eigenvalue weighted by Crippen LogP contribution is -1.95. The van der Waals surface area contributed by atoms with Crippen LogP contribution < -0.4 is 15.2 Å². The van der Waals surface area contributed by atoms with E-state index >= 15 is 0 Å². The van der Waals surface area contributed by atoms with Crippen LogP contribution in [0.3, 0.4) is 0 Å². The number of halogens is 1. The first-order valence-corrected chi connectivity index (χ1v) is 5.60. The maximum Gasteiger partial charge on any atom is 0.180 e. The monoisotopic (exact) mass is 268 g/mol. The predicted molar refractivity (Wildman–Crippen MR) is 69.2 cm³/mol. The van der Waals surface area contributed by atoms with Gasteiger partial charge in [-0.15, -0.1) is 0 Å². The van der Waals surface area contributed by atoms with E-state index in [0.29, 0.717) is 33.7 Å². The van der Waals surface area contributed by atoms with Crippen LogP contribution in [0.25, 0.3) is 11.3 Å². The van der Waals surface area contributed by atoms with Crippen molar-refractivity contribution < 1.29 is 14.0 Å². The van der Waals surface area contributed by atoms with Gasteiger partial charge in [0.05, 0.1) is 19.2 Å². The van der Waals surface area contributed by atoms with Gasteiger partial charge in [0.25, 0.3) is 0 Å². The summed E-state index contributed by atoms with van der Waals surface area (Å²) >= 11 is 6.31. The Hall–Kier alpha value is -1.88. The van der Waals surface area contributed by atoms with E-state index in [0.717, 1.165) is 5.56 Å². The van der Waals surface area contributed by atoms with Crippen LogP contribution in [0.5, 0.6) is 11.5 Å². The molecule has 1 heterocycles. The maximum absolute atomic E-state index is 6.31. The zero-order chi connectivity index (χ0) is 13.3. The number of nitrogens with two attached hydrogens (primary N) is 1. The molecule has 0 aliphatic carbocycles. The molecule has 96 valence electrons. The molecule has 18 heavy (non-hydrogen) atoms. The first-order valence-electron chi connectivity index (χ1n) is 5.22. The predicted octanol–water partition coefficient (Wildman–Crippen LogP) is 2.90. The molecule has 5 nitrogen and oxygen atoms in total. The second-order valence-corrected chi connectivity index (χ2v) is 4.11. The number of hydrogen-bond donors (Lipinski definition) is 1. The molecule has 0 fully saturated rings. The zero-order valence-corrected chi connectivity index (χ0v) is 11.0. The average Bonchev–Trinajstić information content (AvgIpc) is 2.75. The molecule has 0 radical (unpaired) electrons. The van der Waals surface area contributed by atoms with E-state index < -0.39 is 0 Å². The molecule has 0 unspecified atom stereocenters. The third-order valence-electron chi connectivity index (χ3n) is 2.58. The van der Waals surface area contributed by atoms with Crippen molar-refractivity contribution in [1.29, 1.82) is 0 Å². The molecular formula is C12H13ClN2O3. The van der Waals surface area contributed by atoms with Crippen LogP contribution in [0.1, 0.15) is 5.56 Å². The fourth-order valence-corrected chi connectivity index (χ4v) is 2.19. The summed E-state index contributed by atoms with van der Waals surface area (Å²) in [6.45, 7) is 1.89. The van der Waals surface area contributed by atoms with Crippen LogP contribution in [0, 0.1) is 6.92 Å². The van der Waals surface area contributed by atoms with Gasteiger partial charge >= 0.3 is 0 Å². The van der Waals surface area contributed by atoms with Crippen LogP contribution in [-0.4, -0.2) is 19.4 Å². The minimum atomic E-state index is 0.301. The van der Waals surface area contributed by atoms with E-state index in [1.165, 1.54) is 7.11 Å². The summed E-state index contributed by atoms with van der Waals surface area (Å²) in [5.74, 6) is 1.82. The molecule has 2 aromatic rings. The minimum Gasteiger partial charge on any atom is -0.493 e. The number of benzene rings is 1. The lowest BCUT2D eigenvalue weighted by atomic mass is 10.1. The Kier molecular flexibility index (Phi) is 3.34. The van der Waals surface area contributed by atoms with Gasteiger partial charge in [0, 0.05) is 11.6 Å². The number of rotatable bonds is 3. The van der Waals surface area contributed by atoms with Crippen molar-refractivity contribution in [1.82, 2.24) is 5.16 Å². The SMILES string of the molecule is COc1cc(C)c(-c2cc(N)no2)c(Cl)c1OC. The highest BCUT2D eigenvalue weighted by molar-refractivity contribution is 6.35. The molecule has 0 aliphatic rings. The van der Waals surface area contributed by atoms with Crippen molar-refractivity contribution in [3.05, 3.63) is 22.7 Å². The average molecular weight is 269 g/mol. The summed E-state index contributed by atoms with van der Waals surface area (Å²) in [5.41, 5.74) is 7.12. The minimum absolute atomic E-state index is 0.301. The molecule has 2 rings (SSSR count). The summed E-state index contributed by atoms with van der Waals surface area (Å²) in [4.78, 5) is 0. The number of aromatic nitrogens is 1. The molecule has 1 aromatic heterocycles. The molecule has 0 bridgehead atoms. The summed E-state index contributed by atoms with van der Waals surface area (Å²) in [6.07, 6.45) is 0. The smallest absolute Gasteiger partial charge is 0.180 e. The van der Waals surface area contributed by atoms with Crippen molar-refractivity contribution >= 4 is 17.4 Å². The van der Waals surface area contributed by atoms with Crippen molar-refractivity contribution in [2.24, 2.45) is 0 Å². The molecule has 0 atom stereocenters. The molecule has 1 aromatic carbocycles. The van der Waals surface area contributed by atoms with Crippen LogP contribution in [0.15, 0.2) is 16.7 Å². The molecular weight excluding hydrogens is 256 g/mol. The Bertz CT molecular complexity index is 581. The standard InChI is InChI=1S/C12H13ClN2O3/c1-6-4-8(16-2)12(17-3)11(13)10(6)7-5-9(14)15-18-7/h4-5H,1-3H3,(H2,14,15). The Morgan fingerprint density at radius 3 is 2.50 bits per heavy atom. The van der Waals surface area contributed by atoms with E-state index in [4.69, 9.17) is 31.3 Å². The third kappa shape index (κ3) is 1.97. The van der Waals surface area contributed by atoms with Gasteiger partial charge < -0.3 is 19.7 Å². The molecule has 6 heteroatoms. The topological polar surface area (TPSA) is 70.5 Å². The van der Waals surface area contributed by atoms with Crippen molar-refractivity contribution in [3.63, 3.8) is 0 Å². The number of aryl methyl sites for hydroxylation is 1. The Labute approximate surface area is 109 Å². The van der Waals surface area contributed by atoms with Crippen molar-refractivity contribution in [2.75, 3.05) is 20.0 Å². The zero-order valence-electron chi connectivity index (χ0n) is 10.3. The lowest BCUT2D eigenvalue weighted by molar-refractivity contribution is 0.354. The van der Waals surface area contributed by atoms with Gasteiger partial charge in [-0.3, -0.25) is 0 Å². The highest BCUT2D eigenvalue weighted by Gasteiger charge is 2.20. The summed E-state index contributed by atoms with van der Waals surface area (Å²) < 4.78 is 15.6. The molecule has 0 saturated heterocycles.